The van der Waals surface area contributed by atoms with Crippen molar-refractivity contribution in [1.82, 2.24) is 9.21 Å². The first-order valence-electron chi connectivity index (χ1n) is 9.41. The van der Waals surface area contributed by atoms with Gasteiger partial charge in [-0.1, -0.05) is 12.1 Å². The average Bonchev–Trinajstić information content (AvgIpc) is 2.74. The second-order valence-electron chi connectivity index (χ2n) is 7.02. The molecule has 0 unspecified atom stereocenters. The van der Waals surface area contributed by atoms with Crippen molar-refractivity contribution < 1.29 is 22.9 Å². The van der Waals surface area contributed by atoms with Crippen molar-refractivity contribution in [2.45, 2.75) is 18.7 Å². The largest absolute Gasteiger partial charge is 0.483 e. The third-order valence-corrected chi connectivity index (χ3v) is 7.10. The molecule has 1 saturated heterocycles. The summed E-state index contributed by atoms with van der Waals surface area (Å²) in [6, 6.07) is 10.4. The Kier molecular flexibility index (Phi) is 6.37. The van der Waals surface area contributed by atoms with Crippen LogP contribution in [0.5, 0.6) is 5.75 Å². The van der Waals surface area contributed by atoms with E-state index in [0.717, 1.165) is 23.3 Å². The Labute approximate surface area is 175 Å². The number of piperazine rings is 1. The van der Waals surface area contributed by atoms with Gasteiger partial charge in [0.05, 0.1) is 9.82 Å². The second kappa shape index (κ2) is 8.80. The van der Waals surface area contributed by atoms with Gasteiger partial charge in [-0.2, -0.15) is 4.31 Å². The average molecular weight is 433 g/mol. The monoisotopic (exact) mass is 433 g/mol. The molecule has 0 saturated carbocycles. The number of nitro benzene ring substituents is 1. The molecule has 0 aromatic heterocycles. The fraction of sp³-hybridized carbons (Fsp3) is 0.350. The Balaban J connectivity index is 1.57. The first-order valence-corrected chi connectivity index (χ1v) is 10.9. The number of carbonyl (C=O) groups excluding carboxylic acids is 1. The van der Waals surface area contributed by atoms with Gasteiger partial charge < -0.3 is 9.64 Å². The second-order valence-corrected chi connectivity index (χ2v) is 8.96. The number of rotatable bonds is 6. The van der Waals surface area contributed by atoms with Crippen LogP contribution in [0.15, 0.2) is 47.4 Å². The van der Waals surface area contributed by atoms with Crippen LogP contribution in [0.4, 0.5) is 5.69 Å². The molecule has 1 heterocycles. The SMILES string of the molecule is Cc1cccc(OCC(=O)N2CCN(S(=O)(=O)c3ccc([N+](=O)[O-])cc3)CC2)c1C. The molecule has 1 fully saturated rings. The van der Waals surface area contributed by atoms with Crippen LogP contribution in [-0.4, -0.2) is 61.2 Å². The van der Waals surface area contributed by atoms with Gasteiger partial charge in [0, 0.05) is 38.3 Å². The number of non-ortho nitro benzene ring substituents is 1. The molecule has 2 aromatic rings. The molecule has 0 atom stereocenters. The Morgan fingerprint density at radius 3 is 2.30 bits per heavy atom. The molecule has 30 heavy (non-hydrogen) atoms. The fourth-order valence-electron chi connectivity index (χ4n) is 3.18. The minimum atomic E-state index is -3.78. The van der Waals surface area contributed by atoms with E-state index in [1.54, 1.807) is 4.90 Å². The van der Waals surface area contributed by atoms with Crippen LogP contribution < -0.4 is 4.74 Å². The van der Waals surface area contributed by atoms with Gasteiger partial charge in [-0.05, 0) is 43.2 Å². The van der Waals surface area contributed by atoms with Crippen molar-refractivity contribution in [2.24, 2.45) is 0 Å². The van der Waals surface area contributed by atoms with E-state index >= 15 is 0 Å². The summed E-state index contributed by atoms with van der Waals surface area (Å²) in [6.45, 7) is 4.58. The van der Waals surface area contributed by atoms with Gasteiger partial charge in [0.2, 0.25) is 10.0 Å². The molecule has 0 bridgehead atoms. The molecule has 3 rings (SSSR count). The molecule has 10 heteroatoms. The smallest absolute Gasteiger partial charge is 0.269 e. The first kappa shape index (κ1) is 21.7. The minimum Gasteiger partial charge on any atom is -0.483 e. The summed E-state index contributed by atoms with van der Waals surface area (Å²) in [5.41, 5.74) is 1.88. The summed E-state index contributed by atoms with van der Waals surface area (Å²) >= 11 is 0. The molecule has 0 spiro atoms. The lowest BCUT2D eigenvalue weighted by atomic mass is 10.1. The van der Waals surface area contributed by atoms with Crippen LogP contribution in [0.2, 0.25) is 0 Å². The highest BCUT2D eigenvalue weighted by molar-refractivity contribution is 7.89. The topological polar surface area (TPSA) is 110 Å². The number of ether oxygens (including phenoxy) is 1. The van der Waals surface area contributed by atoms with Crippen LogP contribution >= 0.6 is 0 Å². The van der Waals surface area contributed by atoms with Gasteiger partial charge in [0.1, 0.15) is 5.75 Å². The lowest BCUT2D eigenvalue weighted by Crippen LogP contribution is -2.51. The number of nitro groups is 1. The van der Waals surface area contributed by atoms with E-state index in [0.29, 0.717) is 5.75 Å². The van der Waals surface area contributed by atoms with Crippen molar-refractivity contribution in [3.63, 3.8) is 0 Å². The maximum Gasteiger partial charge on any atom is 0.269 e. The van der Waals surface area contributed by atoms with Gasteiger partial charge in [0.15, 0.2) is 6.61 Å². The molecule has 2 aromatic carbocycles. The fourth-order valence-corrected chi connectivity index (χ4v) is 4.60. The van der Waals surface area contributed by atoms with E-state index in [1.807, 2.05) is 32.0 Å². The van der Waals surface area contributed by atoms with E-state index in [4.69, 9.17) is 4.74 Å². The number of nitrogens with zero attached hydrogens (tertiary/aromatic N) is 3. The van der Waals surface area contributed by atoms with E-state index in [1.165, 1.54) is 16.4 Å². The van der Waals surface area contributed by atoms with Crippen LogP contribution in [-0.2, 0) is 14.8 Å². The maximum absolute atomic E-state index is 12.8. The van der Waals surface area contributed by atoms with Gasteiger partial charge in [0.25, 0.3) is 11.6 Å². The molecule has 0 radical (unpaired) electrons. The van der Waals surface area contributed by atoms with Gasteiger partial charge >= 0.3 is 0 Å². The zero-order valence-corrected chi connectivity index (χ0v) is 17.6. The van der Waals surface area contributed by atoms with Crippen LogP contribution in [0.1, 0.15) is 11.1 Å². The minimum absolute atomic E-state index is 0.00821. The summed E-state index contributed by atoms with van der Waals surface area (Å²) in [5.74, 6) is 0.450. The molecule has 0 aliphatic carbocycles. The van der Waals surface area contributed by atoms with Crippen LogP contribution in [0.3, 0.4) is 0 Å². The maximum atomic E-state index is 12.8. The van der Waals surface area contributed by atoms with Crippen molar-refractivity contribution in [2.75, 3.05) is 32.8 Å². The standard InChI is InChI=1S/C20H23N3O6S/c1-15-4-3-5-19(16(15)2)29-14-20(24)21-10-12-22(13-11-21)30(27,28)18-8-6-17(7-9-18)23(25)26/h3-9H,10-14H2,1-2H3. The molecule has 0 N–H and O–H groups in total. The molecule has 160 valence electrons. The van der Waals surface area contributed by atoms with Crippen LogP contribution in [0, 0.1) is 24.0 Å². The molecule has 9 nitrogen and oxygen atoms in total. The van der Waals surface area contributed by atoms with Gasteiger partial charge in [-0.3, -0.25) is 14.9 Å². The zero-order valence-electron chi connectivity index (χ0n) is 16.8. The van der Waals surface area contributed by atoms with Crippen molar-refractivity contribution >= 4 is 21.6 Å². The highest BCUT2D eigenvalue weighted by Gasteiger charge is 2.30. The molecular weight excluding hydrogens is 410 g/mol. The number of amides is 1. The Morgan fingerprint density at radius 1 is 1.07 bits per heavy atom. The Bertz CT molecular complexity index is 1040. The molecule has 1 aliphatic rings. The number of sulfonamides is 1. The van der Waals surface area contributed by atoms with Crippen molar-refractivity contribution in [3.8, 4) is 5.75 Å². The first-order chi connectivity index (χ1) is 14.2. The van der Waals surface area contributed by atoms with E-state index in [2.05, 4.69) is 0 Å². The lowest BCUT2D eigenvalue weighted by Gasteiger charge is -2.34. The summed E-state index contributed by atoms with van der Waals surface area (Å²) in [5, 5.41) is 10.7. The van der Waals surface area contributed by atoms with E-state index in [-0.39, 0.29) is 49.3 Å². The van der Waals surface area contributed by atoms with Crippen LogP contribution in [0.25, 0.3) is 0 Å². The highest BCUT2D eigenvalue weighted by atomic mass is 32.2. The third kappa shape index (κ3) is 4.60. The number of carbonyl (C=O) groups is 1. The summed E-state index contributed by atoms with van der Waals surface area (Å²) < 4.78 is 32.4. The number of benzene rings is 2. The van der Waals surface area contributed by atoms with Crippen molar-refractivity contribution in [3.05, 3.63) is 63.7 Å². The summed E-state index contributed by atoms with van der Waals surface area (Å²) in [4.78, 5) is 24.2. The zero-order chi connectivity index (χ0) is 21.9. The number of hydrogen-bond donors (Lipinski definition) is 0. The molecular formula is C20H23N3O6S. The number of aryl methyl sites for hydroxylation is 1. The molecule has 1 amide bonds. The molecule has 1 aliphatic heterocycles. The predicted octanol–water partition coefficient (Wildman–Crippen LogP) is 2.12. The van der Waals surface area contributed by atoms with E-state index in [9.17, 15) is 23.3 Å². The van der Waals surface area contributed by atoms with Crippen molar-refractivity contribution in [1.29, 1.82) is 0 Å². The lowest BCUT2D eigenvalue weighted by molar-refractivity contribution is -0.384. The van der Waals surface area contributed by atoms with E-state index < -0.39 is 14.9 Å². The third-order valence-electron chi connectivity index (χ3n) is 5.18. The summed E-state index contributed by atoms with van der Waals surface area (Å²) in [7, 11) is -3.78. The predicted molar refractivity (Wildman–Crippen MR) is 110 cm³/mol. The summed E-state index contributed by atoms with van der Waals surface area (Å²) in [6.07, 6.45) is 0. The Hall–Kier alpha value is -2.98. The van der Waals surface area contributed by atoms with Gasteiger partial charge in [-0.25, -0.2) is 8.42 Å². The Morgan fingerprint density at radius 2 is 1.70 bits per heavy atom. The number of hydrogen-bond acceptors (Lipinski definition) is 6. The normalized spacial score (nSPS) is 15.1. The van der Waals surface area contributed by atoms with Gasteiger partial charge in [-0.15, -0.1) is 0 Å². The quantitative estimate of drug-likeness (QED) is 0.510. The highest BCUT2D eigenvalue weighted by Crippen LogP contribution is 2.22.